The van der Waals surface area contributed by atoms with Crippen LogP contribution < -0.4 is 14.8 Å². The number of methoxy groups -OCH3 is 1. The predicted octanol–water partition coefficient (Wildman–Crippen LogP) is 9.06. The standard InChI is InChI=1S/C36H41Cl2F2N5O4Si/c1-21-34(47-5)44-28(19-41-21)25-12-8-10-22(31(25)37)23-11-9-13-26(32(23)38)43-33(46)27-18-30(49-35(39)40)24-14-15-45(20-29(24)42-27)16-17-48-50(6,7)36(2,3)4/h8-13,18-19,35H,14-17,20H2,1-7H3,(H,43,46). The number of nitrogens with one attached hydrogen (secondary N) is 1. The van der Waals surface area contributed by atoms with Gasteiger partial charge in [0.2, 0.25) is 5.88 Å². The fourth-order valence-electron chi connectivity index (χ4n) is 5.43. The molecule has 9 nitrogen and oxygen atoms in total. The minimum atomic E-state index is -3.06. The summed E-state index contributed by atoms with van der Waals surface area (Å²) in [4.78, 5) is 29.3. The van der Waals surface area contributed by atoms with E-state index in [1.54, 1.807) is 37.4 Å². The Morgan fingerprint density at radius 2 is 1.74 bits per heavy atom. The van der Waals surface area contributed by atoms with Crippen molar-refractivity contribution in [2.24, 2.45) is 0 Å². The molecule has 1 aliphatic rings. The summed E-state index contributed by atoms with van der Waals surface area (Å²) in [5.41, 5.74) is 4.20. The number of rotatable bonds is 11. The Bertz CT molecular complexity index is 1890. The maximum atomic E-state index is 13.6. The van der Waals surface area contributed by atoms with Crippen molar-refractivity contribution in [3.05, 3.63) is 81.4 Å². The second-order valence-corrected chi connectivity index (χ2v) is 19.1. The minimum absolute atomic E-state index is 0.0633. The number of aryl methyl sites for hydroxylation is 1. The number of hydrogen-bond donors (Lipinski definition) is 1. The monoisotopic (exact) mass is 743 g/mol. The van der Waals surface area contributed by atoms with Crippen molar-refractivity contribution in [1.29, 1.82) is 0 Å². The fraction of sp³-hybridized carbons (Fsp3) is 0.389. The van der Waals surface area contributed by atoms with E-state index in [-0.39, 0.29) is 27.2 Å². The van der Waals surface area contributed by atoms with Crippen molar-refractivity contribution in [1.82, 2.24) is 19.9 Å². The van der Waals surface area contributed by atoms with E-state index < -0.39 is 20.8 Å². The lowest BCUT2D eigenvalue weighted by atomic mass is 10.0. The van der Waals surface area contributed by atoms with E-state index in [0.29, 0.717) is 82.9 Å². The highest BCUT2D eigenvalue weighted by Gasteiger charge is 2.37. The molecule has 266 valence electrons. The first-order valence-electron chi connectivity index (χ1n) is 16.2. The second-order valence-electron chi connectivity index (χ2n) is 13.6. The van der Waals surface area contributed by atoms with Crippen molar-refractivity contribution < 1.29 is 27.5 Å². The van der Waals surface area contributed by atoms with Gasteiger partial charge in [-0.2, -0.15) is 8.78 Å². The molecule has 1 amide bonds. The summed E-state index contributed by atoms with van der Waals surface area (Å²) in [5.74, 6) is -0.314. The topological polar surface area (TPSA) is 98.7 Å². The van der Waals surface area contributed by atoms with Crippen LogP contribution in [0.2, 0.25) is 28.2 Å². The summed E-state index contributed by atoms with van der Waals surface area (Å²) in [5, 5.41) is 3.48. The average Bonchev–Trinajstić information content (AvgIpc) is 3.05. The van der Waals surface area contributed by atoms with Crippen molar-refractivity contribution in [2.75, 3.05) is 32.1 Å². The van der Waals surface area contributed by atoms with Crippen LogP contribution in [-0.4, -0.2) is 67.5 Å². The molecule has 2 aromatic heterocycles. The molecule has 2 aromatic carbocycles. The number of nitrogens with zero attached hydrogens (tertiary/aromatic N) is 4. The number of benzene rings is 2. The lowest BCUT2D eigenvalue weighted by Crippen LogP contribution is -2.43. The Kier molecular flexibility index (Phi) is 11.5. The summed E-state index contributed by atoms with van der Waals surface area (Å²) < 4.78 is 43.6. The molecule has 50 heavy (non-hydrogen) atoms. The summed E-state index contributed by atoms with van der Waals surface area (Å²) in [6.07, 6.45) is 2.06. The minimum Gasteiger partial charge on any atom is -0.480 e. The molecule has 3 heterocycles. The predicted molar refractivity (Wildman–Crippen MR) is 195 cm³/mol. The number of fused-ring (bicyclic) bond motifs is 1. The normalized spacial score (nSPS) is 13.7. The summed E-state index contributed by atoms with van der Waals surface area (Å²) in [6.45, 7) is 11.9. The molecule has 0 spiro atoms. The van der Waals surface area contributed by atoms with Gasteiger partial charge in [0, 0.05) is 54.6 Å². The van der Waals surface area contributed by atoms with E-state index in [4.69, 9.17) is 37.1 Å². The number of pyridine rings is 1. The molecule has 0 aliphatic carbocycles. The second kappa shape index (κ2) is 15.3. The van der Waals surface area contributed by atoms with Gasteiger partial charge in [-0.3, -0.25) is 14.7 Å². The SMILES string of the molecule is COc1nc(-c2cccc(-c3cccc(NC(=O)c4cc(OC(F)F)c5c(n4)CN(CCO[Si](C)(C)C(C)(C)C)CC5)c3Cl)c2Cl)cnc1C. The van der Waals surface area contributed by atoms with Gasteiger partial charge < -0.3 is 19.2 Å². The molecule has 1 N–H and O–H groups in total. The van der Waals surface area contributed by atoms with Gasteiger partial charge in [-0.1, -0.05) is 74.3 Å². The molecule has 0 saturated heterocycles. The summed E-state index contributed by atoms with van der Waals surface area (Å²) >= 11 is 13.8. The molecular weight excluding hydrogens is 703 g/mol. The van der Waals surface area contributed by atoms with Crippen LogP contribution in [0, 0.1) is 6.92 Å². The highest BCUT2D eigenvalue weighted by Crippen LogP contribution is 2.42. The first-order chi connectivity index (χ1) is 23.6. The third-order valence-electron chi connectivity index (χ3n) is 9.26. The van der Waals surface area contributed by atoms with Crippen LogP contribution in [0.15, 0.2) is 48.7 Å². The number of halogens is 4. The molecule has 0 bridgehead atoms. The first kappa shape index (κ1) is 37.6. The van der Waals surface area contributed by atoms with Crippen LogP contribution in [-0.2, 0) is 17.4 Å². The molecule has 0 saturated carbocycles. The maximum absolute atomic E-state index is 13.6. The first-order valence-corrected chi connectivity index (χ1v) is 19.9. The number of hydrogen-bond acceptors (Lipinski definition) is 8. The number of amides is 1. The van der Waals surface area contributed by atoms with Gasteiger partial charge >= 0.3 is 6.61 Å². The quantitative estimate of drug-likeness (QED) is 0.152. The van der Waals surface area contributed by atoms with Gasteiger partial charge in [0.1, 0.15) is 11.4 Å². The van der Waals surface area contributed by atoms with E-state index in [9.17, 15) is 13.6 Å². The zero-order chi connectivity index (χ0) is 36.4. The van der Waals surface area contributed by atoms with E-state index in [1.165, 1.54) is 13.2 Å². The molecule has 5 rings (SSSR count). The Morgan fingerprint density at radius 3 is 2.42 bits per heavy atom. The fourth-order valence-corrected chi connectivity index (χ4v) is 7.06. The van der Waals surface area contributed by atoms with Crippen molar-refractivity contribution >= 4 is 43.1 Å². The third-order valence-corrected chi connectivity index (χ3v) is 14.6. The van der Waals surface area contributed by atoms with E-state index in [0.717, 1.165) is 0 Å². The van der Waals surface area contributed by atoms with E-state index in [2.05, 4.69) is 59.0 Å². The number of ether oxygens (including phenoxy) is 2. The van der Waals surface area contributed by atoms with Crippen LogP contribution in [0.25, 0.3) is 22.4 Å². The lowest BCUT2D eigenvalue weighted by molar-refractivity contribution is -0.0508. The van der Waals surface area contributed by atoms with Gasteiger partial charge in [-0.05, 0) is 37.5 Å². The summed E-state index contributed by atoms with van der Waals surface area (Å²) in [6, 6.07) is 11.8. The van der Waals surface area contributed by atoms with Gasteiger partial charge in [-0.25, -0.2) is 9.97 Å². The van der Waals surface area contributed by atoms with Crippen LogP contribution in [0.1, 0.15) is 48.2 Å². The van der Waals surface area contributed by atoms with Crippen molar-refractivity contribution in [3.8, 4) is 34.0 Å². The molecule has 0 atom stereocenters. The number of anilines is 1. The van der Waals surface area contributed by atoms with Crippen LogP contribution >= 0.6 is 23.2 Å². The Balaban J connectivity index is 1.39. The Morgan fingerprint density at radius 1 is 1.06 bits per heavy atom. The van der Waals surface area contributed by atoms with Gasteiger partial charge in [0.25, 0.3) is 5.91 Å². The van der Waals surface area contributed by atoms with Crippen molar-refractivity contribution in [3.63, 3.8) is 0 Å². The highest BCUT2D eigenvalue weighted by atomic mass is 35.5. The highest BCUT2D eigenvalue weighted by molar-refractivity contribution is 6.74. The van der Waals surface area contributed by atoms with E-state index >= 15 is 0 Å². The van der Waals surface area contributed by atoms with Gasteiger partial charge in [0.05, 0.1) is 46.1 Å². The Labute approximate surface area is 302 Å². The molecule has 4 aromatic rings. The van der Waals surface area contributed by atoms with E-state index in [1.807, 2.05) is 12.1 Å². The zero-order valence-electron chi connectivity index (χ0n) is 29.2. The largest absolute Gasteiger partial charge is 0.480 e. The molecule has 1 aliphatic heterocycles. The molecule has 0 unspecified atom stereocenters. The molecule has 14 heteroatoms. The zero-order valence-corrected chi connectivity index (χ0v) is 31.7. The Hall–Kier alpha value is -3.68. The smallest absolute Gasteiger partial charge is 0.387 e. The van der Waals surface area contributed by atoms with Gasteiger partial charge in [0.15, 0.2) is 8.32 Å². The van der Waals surface area contributed by atoms with Crippen molar-refractivity contribution in [2.45, 2.75) is 65.4 Å². The maximum Gasteiger partial charge on any atom is 0.387 e. The number of carbonyl (C=O) groups excluding carboxylic acids is 1. The summed E-state index contributed by atoms with van der Waals surface area (Å²) in [7, 11) is -0.414. The van der Waals surface area contributed by atoms with Gasteiger partial charge in [-0.15, -0.1) is 0 Å². The molecule has 0 fully saturated rings. The van der Waals surface area contributed by atoms with Crippen LogP contribution in [0.4, 0.5) is 14.5 Å². The lowest BCUT2D eigenvalue weighted by Gasteiger charge is -2.37. The third kappa shape index (κ3) is 8.26. The van der Waals surface area contributed by atoms with Crippen LogP contribution in [0.5, 0.6) is 11.6 Å². The molecule has 0 radical (unpaired) electrons. The number of carbonyl (C=O) groups is 1. The molecular formula is C36H41Cl2F2N5O4Si. The average molecular weight is 745 g/mol. The number of aromatic nitrogens is 3. The number of alkyl halides is 2. The van der Waals surface area contributed by atoms with Crippen LogP contribution in [0.3, 0.4) is 0 Å².